The van der Waals surface area contributed by atoms with Crippen LogP contribution in [0, 0.1) is 0 Å². The Morgan fingerprint density at radius 2 is 2.11 bits per heavy atom. The van der Waals surface area contributed by atoms with Crippen LogP contribution in [-0.2, 0) is 12.7 Å². The highest BCUT2D eigenvalue weighted by molar-refractivity contribution is 9.11. The van der Waals surface area contributed by atoms with Gasteiger partial charge in [-0.2, -0.15) is 13.2 Å². The molecule has 0 bridgehead atoms. The van der Waals surface area contributed by atoms with Crippen LogP contribution < -0.4 is 10.1 Å². The molecule has 1 aromatic carbocycles. The first-order valence-electron chi connectivity index (χ1n) is 5.15. The van der Waals surface area contributed by atoms with Gasteiger partial charge in [-0.15, -0.1) is 0 Å². The number of ether oxygens (including phenoxy) is 1. The van der Waals surface area contributed by atoms with E-state index in [-0.39, 0.29) is 12.4 Å². The van der Waals surface area contributed by atoms with Gasteiger partial charge in [0, 0.05) is 11.0 Å². The van der Waals surface area contributed by atoms with E-state index >= 15 is 0 Å². The fourth-order valence-electron chi connectivity index (χ4n) is 1.39. The molecule has 18 heavy (non-hydrogen) atoms. The van der Waals surface area contributed by atoms with Crippen LogP contribution in [0.2, 0.25) is 0 Å². The molecule has 0 saturated carbocycles. The standard InChI is InChI=1S/C12H13BrF3NO/c1-8(13)7-18-11-4-3-9(6-17-2)5-10(11)12(14,15)16/h3-5,17H,1,6-7H2,2H3. The maximum absolute atomic E-state index is 12.9. The first-order chi connectivity index (χ1) is 8.34. The lowest BCUT2D eigenvalue weighted by Crippen LogP contribution is -2.12. The molecule has 1 N–H and O–H groups in total. The molecule has 0 aromatic heterocycles. The molecule has 0 saturated heterocycles. The van der Waals surface area contributed by atoms with Gasteiger partial charge in [-0.1, -0.05) is 28.6 Å². The monoisotopic (exact) mass is 323 g/mol. The lowest BCUT2D eigenvalue weighted by atomic mass is 10.1. The summed E-state index contributed by atoms with van der Waals surface area (Å²) in [6.45, 7) is 3.87. The zero-order chi connectivity index (χ0) is 13.8. The van der Waals surface area contributed by atoms with E-state index in [2.05, 4.69) is 27.8 Å². The van der Waals surface area contributed by atoms with Crippen molar-refractivity contribution in [2.24, 2.45) is 0 Å². The Balaban J connectivity index is 3.05. The second kappa shape index (κ2) is 6.24. The van der Waals surface area contributed by atoms with E-state index in [1.807, 2.05) is 0 Å². The second-order valence-corrected chi connectivity index (χ2v) is 4.79. The first-order valence-corrected chi connectivity index (χ1v) is 5.94. The van der Waals surface area contributed by atoms with Gasteiger partial charge >= 0.3 is 6.18 Å². The molecule has 1 aromatic rings. The smallest absolute Gasteiger partial charge is 0.419 e. The summed E-state index contributed by atoms with van der Waals surface area (Å²) in [6, 6.07) is 4.01. The van der Waals surface area contributed by atoms with E-state index in [0.29, 0.717) is 16.6 Å². The summed E-state index contributed by atoms with van der Waals surface area (Å²) in [4.78, 5) is 0. The van der Waals surface area contributed by atoms with Crippen LogP contribution in [0.25, 0.3) is 0 Å². The van der Waals surface area contributed by atoms with Crippen molar-refractivity contribution in [1.29, 1.82) is 0 Å². The summed E-state index contributed by atoms with van der Waals surface area (Å²) in [7, 11) is 1.67. The van der Waals surface area contributed by atoms with E-state index in [1.165, 1.54) is 6.07 Å². The normalized spacial score (nSPS) is 11.4. The quantitative estimate of drug-likeness (QED) is 0.891. The van der Waals surface area contributed by atoms with Crippen molar-refractivity contribution in [3.8, 4) is 5.75 Å². The van der Waals surface area contributed by atoms with Crippen molar-refractivity contribution in [3.63, 3.8) is 0 Å². The molecule has 2 nitrogen and oxygen atoms in total. The fraction of sp³-hybridized carbons (Fsp3) is 0.333. The van der Waals surface area contributed by atoms with Gasteiger partial charge < -0.3 is 10.1 Å². The Morgan fingerprint density at radius 3 is 2.61 bits per heavy atom. The third-order valence-corrected chi connectivity index (χ3v) is 2.34. The molecule has 0 fully saturated rings. The predicted molar refractivity (Wildman–Crippen MR) is 67.8 cm³/mol. The highest BCUT2D eigenvalue weighted by Crippen LogP contribution is 2.37. The van der Waals surface area contributed by atoms with Gasteiger partial charge in [-0.05, 0) is 24.7 Å². The van der Waals surface area contributed by atoms with Gasteiger partial charge in [0.05, 0.1) is 5.56 Å². The van der Waals surface area contributed by atoms with E-state index in [0.717, 1.165) is 6.07 Å². The van der Waals surface area contributed by atoms with E-state index in [9.17, 15) is 13.2 Å². The number of hydrogen-bond donors (Lipinski definition) is 1. The lowest BCUT2D eigenvalue weighted by Gasteiger charge is -2.15. The zero-order valence-corrected chi connectivity index (χ0v) is 11.4. The molecule has 1 rings (SSSR count). The summed E-state index contributed by atoms with van der Waals surface area (Å²) < 4.78 is 44.1. The Morgan fingerprint density at radius 1 is 1.44 bits per heavy atom. The Hall–Kier alpha value is -1.01. The SMILES string of the molecule is C=C(Br)COc1ccc(CNC)cc1C(F)(F)F. The topological polar surface area (TPSA) is 21.3 Å². The molecule has 0 spiro atoms. The van der Waals surface area contributed by atoms with Gasteiger partial charge in [-0.3, -0.25) is 0 Å². The van der Waals surface area contributed by atoms with E-state index in [1.54, 1.807) is 13.1 Å². The van der Waals surface area contributed by atoms with Crippen LogP contribution in [-0.4, -0.2) is 13.7 Å². The van der Waals surface area contributed by atoms with Crippen LogP contribution in [0.4, 0.5) is 13.2 Å². The van der Waals surface area contributed by atoms with Gasteiger partial charge in [0.15, 0.2) is 0 Å². The van der Waals surface area contributed by atoms with Crippen molar-refractivity contribution in [2.45, 2.75) is 12.7 Å². The number of halogens is 4. The van der Waals surface area contributed by atoms with Gasteiger partial charge in [0.1, 0.15) is 12.4 Å². The van der Waals surface area contributed by atoms with Crippen LogP contribution in [0.5, 0.6) is 5.75 Å². The van der Waals surface area contributed by atoms with Crippen molar-refractivity contribution in [3.05, 3.63) is 40.4 Å². The molecule has 0 aliphatic rings. The molecular weight excluding hydrogens is 311 g/mol. The van der Waals surface area contributed by atoms with Gasteiger partial charge in [0.25, 0.3) is 0 Å². The summed E-state index contributed by atoms with van der Waals surface area (Å²) >= 11 is 3.04. The highest BCUT2D eigenvalue weighted by Gasteiger charge is 2.34. The van der Waals surface area contributed by atoms with Crippen molar-refractivity contribution >= 4 is 15.9 Å². The van der Waals surface area contributed by atoms with Crippen LogP contribution >= 0.6 is 15.9 Å². The first kappa shape index (κ1) is 15.0. The molecule has 0 unspecified atom stereocenters. The van der Waals surface area contributed by atoms with Gasteiger partial charge in [-0.25, -0.2) is 0 Å². The zero-order valence-electron chi connectivity index (χ0n) is 9.77. The molecular formula is C12H13BrF3NO. The minimum Gasteiger partial charge on any atom is -0.488 e. The summed E-state index contributed by atoms with van der Waals surface area (Å²) in [5, 5.41) is 2.80. The summed E-state index contributed by atoms with van der Waals surface area (Å²) in [5.41, 5.74) is -0.223. The molecule has 0 aliphatic heterocycles. The lowest BCUT2D eigenvalue weighted by molar-refractivity contribution is -0.138. The Bertz CT molecular complexity index is 432. The molecule has 0 radical (unpaired) electrons. The van der Waals surface area contributed by atoms with E-state index in [4.69, 9.17) is 4.74 Å². The number of hydrogen-bond acceptors (Lipinski definition) is 2. The number of nitrogens with one attached hydrogen (secondary N) is 1. The number of rotatable bonds is 5. The molecule has 0 heterocycles. The molecule has 0 aliphatic carbocycles. The summed E-state index contributed by atoms with van der Waals surface area (Å²) in [6.07, 6.45) is -4.44. The number of benzene rings is 1. The summed E-state index contributed by atoms with van der Waals surface area (Å²) in [5.74, 6) is -0.192. The van der Waals surface area contributed by atoms with Crippen LogP contribution in [0.15, 0.2) is 29.3 Å². The minimum absolute atomic E-state index is 0.00550. The molecule has 6 heteroatoms. The fourth-order valence-corrected chi connectivity index (χ4v) is 1.51. The van der Waals surface area contributed by atoms with Gasteiger partial charge in [0.2, 0.25) is 0 Å². The average Bonchev–Trinajstić information content (AvgIpc) is 2.26. The predicted octanol–water partition coefficient (Wildman–Crippen LogP) is 3.71. The van der Waals surface area contributed by atoms with Crippen molar-refractivity contribution in [1.82, 2.24) is 5.32 Å². The number of alkyl halides is 3. The Kier molecular flexibility index (Phi) is 5.22. The van der Waals surface area contributed by atoms with Crippen LogP contribution in [0.1, 0.15) is 11.1 Å². The minimum atomic E-state index is -4.44. The molecule has 0 amide bonds. The third-order valence-electron chi connectivity index (χ3n) is 2.11. The maximum Gasteiger partial charge on any atom is 0.419 e. The third kappa shape index (κ3) is 4.34. The van der Waals surface area contributed by atoms with Crippen molar-refractivity contribution in [2.75, 3.05) is 13.7 Å². The maximum atomic E-state index is 12.9. The largest absolute Gasteiger partial charge is 0.488 e. The molecule has 0 atom stereocenters. The van der Waals surface area contributed by atoms with E-state index < -0.39 is 11.7 Å². The van der Waals surface area contributed by atoms with Crippen molar-refractivity contribution < 1.29 is 17.9 Å². The molecule has 100 valence electrons. The highest BCUT2D eigenvalue weighted by atomic mass is 79.9. The average molecular weight is 324 g/mol. The van der Waals surface area contributed by atoms with Crippen LogP contribution in [0.3, 0.4) is 0 Å². The second-order valence-electron chi connectivity index (χ2n) is 3.66. The Labute approximate surface area is 112 Å².